The summed E-state index contributed by atoms with van der Waals surface area (Å²) in [4.78, 5) is 29.5. The predicted octanol–water partition coefficient (Wildman–Crippen LogP) is 6.12. The van der Waals surface area contributed by atoms with Crippen molar-refractivity contribution >= 4 is 27.6 Å². The van der Waals surface area contributed by atoms with Crippen LogP contribution in [0.15, 0.2) is 102 Å². The summed E-state index contributed by atoms with van der Waals surface area (Å²) in [5.74, 6) is 0. The van der Waals surface area contributed by atoms with Gasteiger partial charge in [-0.1, -0.05) is 48.5 Å². The molecule has 0 saturated heterocycles. The number of aryl methyl sites for hydroxylation is 1. The van der Waals surface area contributed by atoms with Crippen molar-refractivity contribution in [3.8, 4) is 22.4 Å². The fourth-order valence-electron chi connectivity index (χ4n) is 4.48. The average molecular weight is 470 g/mol. The summed E-state index contributed by atoms with van der Waals surface area (Å²) >= 11 is 0. The second-order valence-electron chi connectivity index (χ2n) is 8.73. The zero-order chi connectivity index (χ0) is 24.5. The Morgan fingerprint density at radius 2 is 1.72 bits per heavy atom. The molecular formula is C30H23N5O. The van der Waals surface area contributed by atoms with Crippen molar-refractivity contribution in [1.29, 1.82) is 0 Å². The van der Waals surface area contributed by atoms with Gasteiger partial charge in [0.25, 0.3) is 5.56 Å². The molecule has 0 radical (unpaired) electrons. The Labute approximate surface area is 207 Å². The van der Waals surface area contributed by atoms with Crippen LogP contribution in [0, 0.1) is 6.92 Å². The molecule has 0 atom stereocenters. The van der Waals surface area contributed by atoms with Gasteiger partial charge in [-0.15, -0.1) is 0 Å². The fraction of sp³-hybridized carbons (Fsp3) is 0.0667. The molecule has 0 bridgehead atoms. The quantitative estimate of drug-likeness (QED) is 0.318. The second-order valence-corrected chi connectivity index (χ2v) is 8.73. The molecule has 0 unspecified atom stereocenters. The van der Waals surface area contributed by atoms with Gasteiger partial charge in [0.05, 0.1) is 29.1 Å². The SMILES string of the molecule is Cc1cccc(CNc2cc(=O)[nH]c3nc(-c4ccccc4)c(-c4ccc5ncccc5c4)cc23)n1. The number of nitrogens with one attached hydrogen (secondary N) is 2. The maximum atomic E-state index is 12.6. The van der Waals surface area contributed by atoms with Gasteiger partial charge in [-0.3, -0.25) is 14.8 Å². The third-order valence-electron chi connectivity index (χ3n) is 6.20. The molecule has 6 rings (SSSR count). The van der Waals surface area contributed by atoms with E-state index < -0.39 is 0 Å². The highest BCUT2D eigenvalue weighted by Crippen LogP contribution is 2.35. The van der Waals surface area contributed by atoms with E-state index in [1.807, 2.05) is 67.6 Å². The first-order valence-corrected chi connectivity index (χ1v) is 11.8. The first kappa shape index (κ1) is 21.7. The Kier molecular flexibility index (Phi) is 5.46. The van der Waals surface area contributed by atoms with E-state index in [4.69, 9.17) is 4.98 Å². The summed E-state index contributed by atoms with van der Waals surface area (Å²) in [5.41, 5.74) is 7.62. The van der Waals surface area contributed by atoms with Crippen molar-refractivity contribution in [2.75, 3.05) is 5.32 Å². The Hall–Kier alpha value is -4.84. The van der Waals surface area contributed by atoms with Crippen LogP contribution in [0.3, 0.4) is 0 Å². The molecule has 0 saturated carbocycles. The molecule has 4 heterocycles. The van der Waals surface area contributed by atoms with Crippen molar-refractivity contribution < 1.29 is 0 Å². The van der Waals surface area contributed by atoms with Gasteiger partial charge in [0, 0.05) is 39.9 Å². The van der Waals surface area contributed by atoms with Crippen molar-refractivity contribution in [3.05, 3.63) is 119 Å². The fourth-order valence-corrected chi connectivity index (χ4v) is 4.48. The molecule has 4 aromatic heterocycles. The number of anilines is 1. The number of benzene rings is 2. The van der Waals surface area contributed by atoms with Gasteiger partial charge >= 0.3 is 0 Å². The summed E-state index contributed by atoms with van der Waals surface area (Å²) in [6, 6.07) is 29.8. The van der Waals surface area contributed by atoms with Crippen LogP contribution < -0.4 is 10.9 Å². The first-order valence-electron chi connectivity index (χ1n) is 11.8. The highest BCUT2D eigenvalue weighted by atomic mass is 16.1. The van der Waals surface area contributed by atoms with E-state index >= 15 is 0 Å². The Bertz CT molecular complexity index is 1780. The van der Waals surface area contributed by atoms with Crippen LogP contribution in [0.1, 0.15) is 11.4 Å². The minimum Gasteiger partial charge on any atom is -0.379 e. The number of rotatable bonds is 5. The smallest absolute Gasteiger partial charge is 0.251 e. The number of aromatic nitrogens is 4. The van der Waals surface area contributed by atoms with Crippen LogP contribution in [0.4, 0.5) is 5.69 Å². The van der Waals surface area contributed by atoms with Gasteiger partial charge in [-0.2, -0.15) is 0 Å². The van der Waals surface area contributed by atoms with Gasteiger partial charge in [-0.05, 0) is 48.9 Å². The number of fused-ring (bicyclic) bond motifs is 2. The van der Waals surface area contributed by atoms with Gasteiger partial charge in [-0.25, -0.2) is 4.98 Å². The molecule has 36 heavy (non-hydrogen) atoms. The normalized spacial score (nSPS) is 11.1. The Balaban J connectivity index is 1.54. The summed E-state index contributed by atoms with van der Waals surface area (Å²) < 4.78 is 0. The molecule has 174 valence electrons. The molecule has 0 amide bonds. The van der Waals surface area contributed by atoms with E-state index in [0.717, 1.165) is 50.1 Å². The molecule has 0 spiro atoms. The number of nitrogens with zero attached hydrogens (tertiary/aromatic N) is 3. The van der Waals surface area contributed by atoms with Crippen LogP contribution >= 0.6 is 0 Å². The largest absolute Gasteiger partial charge is 0.379 e. The molecule has 6 nitrogen and oxygen atoms in total. The third-order valence-corrected chi connectivity index (χ3v) is 6.20. The maximum Gasteiger partial charge on any atom is 0.251 e. The minimum atomic E-state index is -0.210. The average Bonchev–Trinajstić information content (AvgIpc) is 2.91. The van der Waals surface area contributed by atoms with Gasteiger partial charge in [0.15, 0.2) is 0 Å². The zero-order valence-electron chi connectivity index (χ0n) is 19.7. The lowest BCUT2D eigenvalue weighted by molar-refractivity contribution is 1.02. The van der Waals surface area contributed by atoms with Crippen molar-refractivity contribution in [2.45, 2.75) is 13.5 Å². The summed E-state index contributed by atoms with van der Waals surface area (Å²) in [6.45, 7) is 2.46. The molecule has 0 aliphatic carbocycles. The molecule has 6 aromatic rings. The van der Waals surface area contributed by atoms with Crippen molar-refractivity contribution in [1.82, 2.24) is 19.9 Å². The minimum absolute atomic E-state index is 0.210. The highest BCUT2D eigenvalue weighted by molar-refractivity contribution is 5.97. The van der Waals surface area contributed by atoms with E-state index in [1.165, 1.54) is 0 Å². The molecular weight excluding hydrogens is 446 g/mol. The standard InChI is InChI=1S/C30H23N5O/c1-19-7-5-11-23(33-19)18-32-27-17-28(36)34-30-25(27)16-24(29(35-30)20-8-3-2-4-9-20)21-12-13-26-22(15-21)10-6-14-31-26/h2-17H,18H2,1H3,(H2,32,34,35,36). The van der Waals surface area contributed by atoms with Crippen LogP contribution in [-0.2, 0) is 6.54 Å². The van der Waals surface area contributed by atoms with E-state index in [1.54, 1.807) is 12.3 Å². The van der Waals surface area contributed by atoms with Crippen molar-refractivity contribution in [3.63, 3.8) is 0 Å². The topological polar surface area (TPSA) is 83.6 Å². The number of H-pyrrole nitrogens is 1. The van der Waals surface area contributed by atoms with Crippen LogP contribution in [0.25, 0.3) is 44.3 Å². The number of hydrogen-bond acceptors (Lipinski definition) is 5. The van der Waals surface area contributed by atoms with E-state index in [0.29, 0.717) is 17.9 Å². The number of pyridine rings is 4. The number of aromatic amines is 1. The molecule has 6 heteroatoms. The van der Waals surface area contributed by atoms with Gasteiger partial charge in [0.1, 0.15) is 5.65 Å². The molecule has 0 fully saturated rings. The lowest BCUT2D eigenvalue weighted by atomic mass is 9.96. The highest BCUT2D eigenvalue weighted by Gasteiger charge is 2.15. The van der Waals surface area contributed by atoms with Gasteiger partial charge < -0.3 is 10.3 Å². The summed E-state index contributed by atoms with van der Waals surface area (Å²) in [6.07, 6.45) is 1.80. The van der Waals surface area contributed by atoms with Crippen molar-refractivity contribution in [2.24, 2.45) is 0 Å². The lowest BCUT2D eigenvalue weighted by Crippen LogP contribution is -2.10. The predicted molar refractivity (Wildman–Crippen MR) is 145 cm³/mol. The summed E-state index contributed by atoms with van der Waals surface area (Å²) in [5, 5.41) is 5.30. The number of hydrogen-bond donors (Lipinski definition) is 2. The lowest BCUT2D eigenvalue weighted by Gasteiger charge is -2.15. The van der Waals surface area contributed by atoms with Crippen LogP contribution in [-0.4, -0.2) is 19.9 Å². The maximum absolute atomic E-state index is 12.6. The molecule has 2 aromatic carbocycles. The first-order chi connectivity index (χ1) is 17.6. The zero-order valence-corrected chi connectivity index (χ0v) is 19.7. The van der Waals surface area contributed by atoms with E-state index in [9.17, 15) is 4.79 Å². The van der Waals surface area contributed by atoms with Crippen LogP contribution in [0.5, 0.6) is 0 Å². The monoisotopic (exact) mass is 469 g/mol. The van der Waals surface area contributed by atoms with Crippen LogP contribution in [0.2, 0.25) is 0 Å². The molecule has 0 aliphatic heterocycles. The third kappa shape index (κ3) is 4.20. The molecule has 2 N–H and O–H groups in total. The second kappa shape index (κ2) is 9.07. The Morgan fingerprint density at radius 1 is 0.833 bits per heavy atom. The Morgan fingerprint density at radius 3 is 2.58 bits per heavy atom. The summed E-state index contributed by atoms with van der Waals surface area (Å²) in [7, 11) is 0. The molecule has 0 aliphatic rings. The van der Waals surface area contributed by atoms with Gasteiger partial charge in [0.2, 0.25) is 0 Å². The van der Waals surface area contributed by atoms with E-state index in [-0.39, 0.29) is 5.56 Å². The van der Waals surface area contributed by atoms with E-state index in [2.05, 4.69) is 44.5 Å².